The molecule has 1 N–H and O–H groups in total. The molecular weight excluding hydrogens is 318 g/mol. The summed E-state index contributed by atoms with van der Waals surface area (Å²) >= 11 is 0. The van der Waals surface area contributed by atoms with Gasteiger partial charge in [0.05, 0.1) is 30.5 Å². The van der Waals surface area contributed by atoms with Gasteiger partial charge in [0.2, 0.25) is 11.8 Å². The molecule has 1 aliphatic rings. The summed E-state index contributed by atoms with van der Waals surface area (Å²) in [4.78, 5) is 18.4. The number of methoxy groups -OCH3 is 1. The van der Waals surface area contributed by atoms with E-state index in [1.165, 1.54) is 7.11 Å². The van der Waals surface area contributed by atoms with Crippen LogP contribution in [0, 0.1) is 0 Å². The van der Waals surface area contributed by atoms with Crippen LogP contribution in [0.5, 0.6) is 5.88 Å². The van der Waals surface area contributed by atoms with Gasteiger partial charge in [0.25, 0.3) is 0 Å². The Balaban J connectivity index is 2.01. The van der Waals surface area contributed by atoms with Crippen molar-refractivity contribution in [3.05, 3.63) is 18.3 Å². The molecular formula is C15H23N3O4S. The lowest BCUT2D eigenvalue weighted by molar-refractivity contribution is -0.133. The molecule has 2 heterocycles. The summed E-state index contributed by atoms with van der Waals surface area (Å²) in [6.07, 6.45) is 2.11. The molecule has 2 atom stereocenters. The Morgan fingerprint density at radius 1 is 1.52 bits per heavy atom. The van der Waals surface area contributed by atoms with Crippen LogP contribution < -0.4 is 10.1 Å². The van der Waals surface area contributed by atoms with Crippen molar-refractivity contribution in [3.8, 4) is 5.88 Å². The smallest absolute Gasteiger partial charge is 0.245 e. The van der Waals surface area contributed by atoms with Crippen LogP contribution in [0.15, 0.2) is 18.3 Å². The van der Waals surface area contributed by atoms with Gasteiger partial charge in [-0.3, -0.25) is 4.79 Å². The maximum atomic E-state index is 12.6. The van der Waals surface area contributed by atoms with Gasteiger partial charge in [-0.1, -0.05) is 0 Å². The van der Waals surface area contributed by atoms with Crippen LogP contribution >= 0.6 is 0 Å². The minimum absolute atomic E-state index is 0.0589. The Morgan fingerprint density at radius 2 is 2.26 bits per heavy atom. The van der Waals surface area contributed by atoms with Crippen LogP contribution in [0.1, 0.15) is 20.3 Å². The van der Waals surface area contributed by atoms with Gasteiger partial charge in [-0.15, -0.1) is 0 Å². The number of hydrogen-bond acceptors (Lipinski definition) is 6. The van der Waals surface area contributed by atoms with E-state index in [-0.39, 0.29) is 23.5 Å². The van der Waals surface area contributed by atoms with Gasteiger partial charge >= 0.3 is 0 Å². The number of carbonyl (C=O) groups is 1. The average Bonchev–Trinajstić information content (AvgIpc) is 2.88. The summed E-state index contributed by atoms with van der Waals surface area (Å²) in [5.74, 6) is 0.612. The fourth-order valence-corrected chi connectivity index (χ4v) is 4.49. The van der Waals surface area contributed by atoms with Crippen molar-refractivity contribution < 1.29 is 17.9 Å². The Hall–Kier alpha value is -1.83. The van der Waals surface area contributed by atoms with E-state index < -0.39 is 15.9 Å². The van der Waals surface area contributed by atoms with E-state index in [1.54, 1.807) is 30.2 Å². The Morgan fingerprint density at radius 3 is 2.74 bits per heavy atom. The van der Waals surface area contributed by atoms with Gasteiger partial charge < -0.3 is 15.0 Å². The molecule has 0 bridgehead atoms. The third-order valence-electron chi connectivity index (χ3n) is 3.97. The fraction of sp³-hybridized carbons (Fsp3) is 0.600. The van der Waals surface area contributed by atoms with Crippen molar-refractivity contribution in [2.24, 2.45) is 0 Å². The zero-order valence-electron chi connectivity index (χ0n) is 13.7. The quantitative estimate of drug-likeness (QED) is 0.828. The maximum Gasteiger partial charge on any atom is 0.245 e. The molecule has 8 heteroatoms. The molecule has 1 fully saturated rings. The molecule has 0 radical (unpaired) electrons. The molecule has 0 aliphatic carbocycles. The first-order chi connectivity index (χ1) is 10.9. The largest absolute Gasteiger partial charge is 0.481 e. The highest BCUT2D eigenvalue weighted by Gasteiger charge is 2.35. The molecule has 1 aromatic heterocycles. The van der Waals surface area contributed by atoms with Gasteiger partial charge in [0, 0.05) is 18.7 Å². The Labute approximate surface area is 137 Å². The number of amides is 1. The monoisotopic (exact) mass is 341 g/mol. The summed E-state index contributed by atoms with van der Waals surface area (Å²) < 4.78 is 28.3. The third kappa shape index (κ3) is 4.34. The second-order valence-electron chi connectivity index (χ2n) is 5.64. The Bertz CT molecular complexity index is 645. The predicted molar refractivity (Wildman–Crippen MR) is 88.3 cm³/mol. The van der Waals surface area contributed by atoms with Crippen molar-refractivity contribution in [3.63, 3.8) is 0 Å². The molecule has 0 unspecified atom stereocenters. The molecule has 1 amide bonds. The lowest BCUT2D eigenvalue weighted by atomic mass is 10.2. The number of anilines is 1. The van der Waals surface area contributed by atoms with Crippen LogP contribution in [0.25, 0.3) is 0 Å². The number of rotatable bonds is 6. The fourth-order valence-electron chi connectivity index (χ4n) is 2.76. The molecule has 0 spiro atoms. The first kappa shape index (κ1) is 17.5. The number of nitrogens with one attached hydrogen (secondary N) is 1. The number of carbonyl (C=O) groups excluding carboxylic acids is 1. The average molecular weight is 341 g/mol. The highest BCUT2D eigenvalue weighted by molar-refractivity contribution is 7.91. The van der Waals surface area contributed by atoms with Crippen LogP contribution in [-0.4, -0.2) is 61.5 Å². The normalized spacial score (nSPS) is 20.7. The first-order valence-electron chi connectivity index (χ1n) is 7.63. The number of hydrogen-bond donors (Lipinski definition) is 1. The molecule has 1 aromatic rings. The highest BCUT2D eigenvalue weighted by Crippen LogP contribution is 2.19. The molecule has 1 saturated heterocycles. The van der Waals surface area contributed by atoms with E-state index in [0.29, 0.717) is 24.5 Å². The second kappa shape index (κ2) is 7.16. The number of sulfone groups is 1. The zero-order chi connectivity index (χ0) is 17.0. The molecule has 7 nitrogen and oxygen atoms in total. The summed E-state index contributed by atoms with van der Waals surface area (Å²) in [7, 11) is -1.48. The van der Waals surface area contributed by atoms with Crippen LogP contribution in [0.3, 0.4) is 0 Å². The second-order valence-corrected chi connectivity index (χ2v) is 7.87. The van der Waals surface area contributed by atoms with Crippen molar-refractivity contribution >= 4 is 21.4 Å². The number of pyridine rings is 1. The summed E-state index contributed by atoms with van der Waals surface area (Å²) in [6.45, 7) is 4.12. The van der Waals surface area contributed by atoms with Crippen LogP contribution in [0.2, 0.25) is 0 Å². The third-order valence-corrected chi connectivity index (χ3v) is 5.72. The standard InChI is InChI=1S/C15H23N3O4S/c1-4-18(13-7-8-23(20,21)10-13)15(19)11(2)17-12-5-6-14(22-3)16-9-12/h5-6,9,11,13,17H,4,7-8,10H2,1-3H3/t11-,13+/m0/s1. The summed E-state index contributed by atoms with van der Waals surface area (Å²) in [6, 6.07) is 2.80. The van der Waals surface area contributed by atoms with E-state index in [0.717, 1.165) is 0 Å². The number of nitrogens with zero attached hydrogens (tertiary/aromatic N) is 2. The molecule has 0 aromatic carbocycles. The number of likely N-dealkylation sites (N-methyl/N-ethyl adjacent to an activating group) is 1. The van der Waals surface area contributed by atoms with Crippen molar-refractivity contribution in [2.75, 3.05) is 30.5 Å². The predicted octanol–water partition coefficient (Wildman–Crippen LogP) is 0.926. The SMILES string of the molecule is CCN(C(=O)[C@H](C)Nc1ccc(OC)nc1)[C@@H]1CCS(=O)(=O)C1. The van der Waals surface area contributed by atoms with Crippen molar-refractivity contribution in [1.82, 2.24) is 9.88 Å². The lowest BCUT2D eigenvalue weighted by Crippen LogP contribution is -2.47. The zero-order valence-corrected chi connectivity index (χ0v) is 14.5. The van der Waals surface area contributed by atoms with Crippen LogP contribution in [-0.2, 0) is 14.6 Å². The lowest BCUT2D eigenvalue weighted by Gasteiger charge is -2.30. The van der Waals surface area contributed by atoms with Crippen LogP contribution in [0.4, 0.5) is 5.69 Å². The van der Waals surface area contributed by atoms with Gasteiger partial charge in [-0.25, -0.2) is 13.4 Å². The summed E-state index contributed by atoms with van der Waals surface area (Å²) in [5, 5.41) is 3.09. The first-order valence-corrected chi connectivity index (χ1v) is 9.46. The van der Waals surface area contributed by atoms with E-state index in [2.05, 4.69) is 10.3 Å². The molecule has 0 saturated carbocycles. The molecule has 128 valence electrons. The Kier molecular flexibility index (Phi) is 5.46. The van der Waals surface area contributed by atoms with E-state index >= 15 is 0 Å². The topological polar surface area (TPSA) is 88.6 Å². The number of aromatic nitrogens is 1. The minimum atomic E-state index is -3.01. The van der Waals surface area contributed by atoms with Gasteiger partial charge in [-0.2, -0.15) is 0 Å². The van der Waals surface area contributed by atoms with E-state index in [1.807, 2.05) is 6.92 Å². The van der Waals surface area contributed by atoms with Crippen molar-refractivity contribution in [1.29, 1.82) is 0 Å². The maximum absolute atomic E-state index is 12.6. The van der Waals surface area contributed by atoms with Gasteiger partial charge in [0.15, 0.2) is 9.84 Å². The van der Waals surface area contributed by atoms with E-state index in [4.69, 9.17) is 4.74 Å². The number of ether oxygens (including phenoxy) is 1. The molecule has 2 rings (SSSR count). The van der Waals surface area contributed by atoms with Gasteiger partial charge in [0.1, 0.15) is 6.04 Å². The summed E-state index contributed by atoms with van der Waals surface area (Å²) in [5.41, 5.74) is 0.710. The van der Waals surface area contributed by atoms with Crippen molar-refractivity contribution in [2.45, 2.75) is 32.4 Å². The molecule has 1 aliphatic heterocycles. The van der Waals surface area contributed by atoms with Gasteiger partial charge in [-0.05, 0) is 26.3 Å². The van der Waals surface area contributed by atoms with E-state index in [9.17, 15) is 13.2 Å². The minimum Gasteiger partial charge on any atom is -0.481 e. The molecule has 23 heavy (non-hydrogen) atoms. The highest BCUT2D eigenvalue weighted by atomic mass is 32.2.